The second-order valence-electron chi connectivity index (χ2n) is 4.37. The van der Waals surface area contributed by atoms with Gasteiger partial charge in [-0.1, -0.05) is 23.4 Å². The number of hydrogen-bond acceptors (Lipinski definition) is 6. The smallest absolute Gasteiger partial charge is 0.276 e. The fourth-order valence-electron chi connectivity index (χ4n) is 1.87. The van der Waals surface area contributed by atoms with Crippen LogP contribution in [0.3, 0.4) is 0 Å². The second kappa shape index (κ2) is 5.91. The molecule has 108 valence electrons. The third kappa shape index (κ3) is 3.11. The molecule has 21 heavy (non-hydrogen) atoms. The van der Waals surface area contributed by atoms with E-state index in [0.29, 0.717) is 22.0 Å². The number of rotatable bonds is 4. The first kappa shape index (κ1) is 14.2. The number of fused-ring (bicyclic) bond motifs is 1. The van der Waals surface area contributed by atoms with Crippen molar-refractivity contribution in [1.29, 1.82) is 0 Å². The third-order valence-electron chi connectivity index (χ3n) is 2.91. The number of halogens is 1. The maximum atomic E-state index is 6.24. The number of thioether (sulfide) groups is 1. The lowest BCUT2D eigenvalue weighted by atomic mass is 10.1. The van der Waals surface area contributed by atoms with Gasteiger partial charge in [0.15, 0.2) is 0 Å². The van der Waals surface area contributed by atoms with Crippen molar-refractivity contribution < 1.29 is 9.15 Å². The first-order chi connectivity index (χ1) is 10.2. The summed E-state index contributed by atoms with van der Waals surface area (Å²) in [6.45, 7) is 1.76. The van der Waals surface area contributed by atoms with E-state index in [1.54, 1.807) is 14.0 Å². The Morgan fingerprint density at radius 3 is 2.86 bits per heavy atom. The van der Waals surface area contributed by atoms with E-state index in [4.69, 9.17) is 20.8 Å². The molecule has 0 aliphatic heterocycles. The summed E-state index contributed by atoms with van der Waals surface area (Å²) in [4.78, 5) is 4.41. The predicted octanol–water partition coefficient (Wildman–Crippen LogP) is 3.88. The quantitative estimate of drug-likeness (QED) is 0.537. The normalized spacial score (nSPS) is 11.0. The summed E-state index contributed by atoms with van der Waals surface area (Å²) in [5, 5.41) is 9.74. The first-order valence-electron chi connectivity index (χ1n) is 6.22. The molecule has 0 N–H and O–H groups in total. The summed E-state index contributed by atoms with van der Waals surface area (Å²) >= 11 is 7.67. The fourth-order valence-corrected chi connectivity index (χ4v) is 2.94. The molecule has 0 radical (unpaired) electrons. The Bertz CT molecular complexity index is 791. The van der Waals surface area contributed by atoms with Gasteiger partial charge in [0, 0.05) is 29.7 Å². The molecule has 3 aromatic rings. The Hall–Kier alpha value is -1.79. The average Bonchev–Trinajstić information content (AvgIpc) is 2.90. The van der Waals surface area contributed by atoms with Crippen LogP contribution in [0.5, 0.6) is 5.75 Å². The number of aryl methyl sites for hydroxylation is 1. The zero-order chi connectivity index (χ0) is 14.8. The van der Waals surface area contributed by atoms with Crippen LogP contribution in [0.4, 0.5) is 0 Å². The zero-order valence-electron chi connectivity index (χ0n) is 11.5. The van der Waals surface area contributed by atoms with E-state index >= 15 is 0 Å². The van der Waals surface area contributed by atoms with Gasteiger partial charge in [0.1, 0.15) is 10.9 Å². The summed E-state index contributed by atoms with van der Waals surface area (Å²) < 4.78 is 10.5. The Kier molecular flexibility index (Phi) is 3.98. The molecule has 7 heteroatoms. The van der Waals surface area contributed by atoms with Crippen LogP contribution in [-0.2, 0) is 5.75 Å². The van der Waals surface area contributed by atoms with E-state index < -0.39 is 0 Å². The molecule has 0 aliphatic carbocycles. The highest BCUT2D eigenvalue weighted by Crippen LogP contribution is 2.28. The Morgan fingerprint density at radius 2 is 2.14 bits per heavy atom. The number of nitrogens with zero attached hydrogens (tertiary/aromatic N) is 3. The predicted molar refractivity (Wildman–Crippen MR) is 81.9 cm³/mol. The maximum Gasteiger partial charge on any atom is 0.276 e. The highest BCUT2D eigenvalue weighted by Gasteiger charge is 2.09. The summed E-state index contributed by atoms with van der Waals surface area (Å²) in [5.41, 5.74) is 1.73. The first-order valence-corrected chi connectivity index (χ1v) is 7.58. The van der Waals surface area contributed by atoms with Gasteiger partial charge in [0.05, 0.1) is 12.6 Å². The van der Waals surface area contributed by atoms with Gasteiger partial charge < -0.3 is 9.15 Å². The molecule has 3 rings (SSSR count). The van der Waals surface area contributed by atoms with Crippen molar-refractivity contribution in [1.82, 2.24) is 15.2 Å². The standard InChI is InChI=1S/C14H12ClN3O2S/c1-8-17-18-14(20-8)21-7-10-5-9-3-4-11(19-2)6-12(9)16-13(10)15/h3-6H,7H2,1-2H3. The molecule has 0 bridgehead atoms. The number of methoxy groups -OCH3 is 1. The SMILES string of the molecule is COc1ccc2cc(CSc3nnc(C)o3)c(Cl)nc2c1. The van der Waals surface area contributed by atoms with Gasteiger partial charge in [0.2, 0.25) is 5.89 Å². The molecule has 5 nitrogen and oxygen atoms in total. The second-order valence-corrected chi connectivity index (χ2v) is 5.66. The number of pyridine rings is 1. The molecular formula is C14H12ClN3O2S. The summed E-state index contributed by atoms with van der Waals surface area (Å²) in [6.07, 6.45) is 0. The molecule has 0 spiro atoms. The van der Waals surface area contributed by atoms with E-state index in [1.807, 2.05) is 24.3 Å². The largest absolute Gasteiger partial charge is 0.497 e. The average molecular weight is 322 g/mol. The topological polar surface area (TPSA) is 61.0 Å². The summed E-state index contributed by atoms with van der Waals surface area (Å²) in [7, 11) is 1.63. The van der Waals surface area contributed by atoms with E-state index in [9.17, 15) is 0 Å². The van der Waals surface area contributed by atoms with Crippen molar-refractivity contribution in [2.45, 2.75) is 17.9 Å². The molecular weight excluding hydrogens is 310 g/mol. The molecule has 0 fully saturated rings. The van der Waals surface area contributed by atoms with Gasteiger partial charge in [-0.3, -0.25) is 0 Å². The van der Waals surface area contributed by atoms with E-state index in [0.717, 1.165) is 22.2 Å². The van der Waals surface area contributed by atoms with Crippen LogP contribution in [-0.4, -0.2) is 22.3 Å². The highest BCUT2D eigenvalue weighted by molar-refractivity contribution is 7.98. The lowest BCUT2D eigenvalue weighted by Crippen LogP contribution is -1.90. The third-order valence-corrected chi connectivity index (χ3v) is 4.10. The van der Waals surface area contributed by atoms with Crippen LogP contribution in [0.1, 0.15) is 11.5 Å². The van der Waals surface area contributed by atoms with Crippen molar-refractivity contribution in [3.8, 4) is 5.75 Å². The number of benzene rings is 1. The van der Waals surface area contributed by atoms with Gasteiger partial charge in [0.25, 0.3) is 5.22 Å². The molecule has 2 aromatic heterocycles. The van der Waals surface area contributed by atoms with E-state index in [-0.39, 0.29) is 0 Å². The van der Waals surface area contributed by atoms with Crippen LogP contribution < -0.4 is 4.74 Å². The van der Waals surface area contributed by atoms with Crippen molar-refractivity contribution in [2.75, 3.05) is 7.11 Å². The Labute approximate surface area is 130 Å². The zero-order valence-corrected chi connectivity index (χ0v) is 13.0. The summed E-state index contributed by atoms with van der Waals surface area (Å²) in [5.74, 6) is 1.93. The molecule has 2 heterocycles. The maximum absolute atomic E-state index is 6.24. The van der Waals surface area contributed by atoms with Crippen LogP contribution >= 0.6 is 23.4 Å². The molecule has 1 aromatic carbocycles. The minimum absolute atomic E-state index is 0.472. The van der Waals surface area contributed by atoms with E-state index in [1.165, 1.54) is 11.8 Å². The van der Waals surface area contributed by atoms with Gasteiger partial charge in [-0.25, -0.2) is 4.98 Å². The van der Waals surface area contributed by atoms with Gasteiger partial charge in [-0.15, -0.1) is 10.2 Å². The van der Waals surface area contributed by atoms with Crippen LogP contribution in [0, 0.1) is 6.92 Å². The molecule has 0 amide bonds. The Balaban J connectivity index is 1.86. The number of ether oxygens (including phenoxy) is 1. The van der Waals surface area contributed by atoms with Gasteiger partial charge in [-0.2, -0.15) is 0 Å². The van der Waals surface area contributed by atoms with Gasteiger partial charge in [-0.05, 0) is 18.2 Å². The van der Waals surface area contributed by atoms with Gasteiger partial charge >= 0.3 is 0 Å². The van der Waals surface area contributed by atoms with Crippen molar-refractivity contribution in [3.05, 3.63) is 40.9 Å². The number of aromatic nitrogens is 3. The van der Waals surface area contributed by atoms with Crippen molar-refractivity contribution in [2.24, 2.45) is 0 Å². The molecule has 0 saturated carbocycles. The lowest BCUT2D eigenvalue weighted by Gasteiger charge is -2.06. The fraction of sp³-hybridized carbons (Fsp3) is 0.214. The van der Waals surface area contributed by atoms with Crippen molar-refractivity contribution >= 4 is 34.3 Å². The minimum Gasteiger partial charge on any atom is -0.497 e. The van der Waals surface area contributed by atoms with Crippen molar-refractivity contribution in [3.63, 3.8) is 0 Å². The van der Waals surface area contributed by atoms with Crippen LogP contribution in [0.15, 0.2) is 33.9 Å². The van der Waals surface area contributed by atoms with E-state index in [2.05, 4.69) is 15.2 Å². The lowest BCUT2D eigenvalue weighted by molar-refractivity contribution is 0.415. The monoisotopic (exact) mass is 321 g/mol. The summed E-state index contributed by atoms with van der Waals surface area (Å²) in [6, 6.07) is 7.73. The molecule has 0 aliphatic rings. The number of hydrogen-bond donors (Lipinski definition) is 0. The Morgan fingerprint density at radius 1 is 1.29 bits per heavy atom. The molecule has 0 saturated heterocycles. The molecule has 0 atom stereocenters. The van der Waals surface area contributed by atoms with Crippen LogP contribution in [0.25, 0.3) is 10.9 Å². The van der Waals surface area contributed by atoms with Crippen LogP contribution in [0.2, 0.25) is 5.15 Å². The highest BCUT2D eigenvalue weighted by atomic mass is 35.5. The minimum atomic E-state index is 0.472. The molecule has 0 unspecified atom stereocenters.